The summed E-state index contributed by atoms with van der Waals surface area (Å²) in [7, 11) is -6.00. The van der Waals surface area contributed by atoms with Crippen LogP contribution < -0.4 is 0 Å². The minimum Gasteiger partial charge on any atom is -0.418 e. The summed E-state index contributed by atoms with van der Waals surface area (Å²) in [6, 6.07) is 12.5. The van der Waals surface area contributed by atoms with Gasteiger partial charge >= 0.3 is 7.25 Å². The summed E-state index contributed by atoms with van der Waals surface area (Å²) >= 11 is 0. The first kappa shape index (κ1) is 23.9. The molecule has 0 nitrogen and oxygen atoms in total. The van der Waals surface area contributed by atoms with Crippen LogP contribution in [-0.2, 0) is 20.4 Å². The molecule has 2 fully saturated rings. The zero-order chi connectivity index (χ0) is 15.8. The van der Waals surface area contributed by atoms with Gasteiger partial charge in [0.1, 0.15) is 0 Å². The van der Waals surface area contributed by atoms with Gasteiger partial charge < -0.3 is 17.3 Å². The summed E-state index contributed by atoms with van der Waals surface area (Å²) in [5.41, 5.74) is 0. The van der Waals surface area contributed by atoms with Crippen LogP contribution in [0.15, 0.2) is 30.3 Å². The second kappa shape index (κ2) is 17.0. The van der Waals surface area contributed by atoms with Crippen molar-refractivity contribution in [1.82, 2.24) is 0 Å². The third-order valence-electron chi connectivity index (χ3n) is 1.72. The van der Waals surface area contributed by atoms with Crippen molar-refractivity contribution in [1.29, 1.82) is 0 Å². The largest absolute Gasteiger partial charge is 0.673 e. The smallest absolute Gasteiger partial charge is 0.418 e. The maximum Gasteiger partial charge on any atom is 0.673 e. The third-order valence-corrected chi connectivity index (χ3v) is 1.72. The molecule has 0 aliphatic heterocycles. The predicted octanol–water partition coefficient (Wildman–Crippen LogP) is 4.83. The standard InChI is InChI=1S/C6H5.2C5H5.BF4.Re/c1-2-4-6-5-3-1;2*1-2-4-5-3-1;2-1(3,4)5;/h1-5H;2*1-5H;;/q-1;;;-1;. The molecule has 0 N–H and O–H groups in total. The molecule has 0 unspecified atom stereocenters. The molecule has 0 bridgehead atoms. The Morgan fingerprint density at radius 3 is 0.818 bits per heavy atom. The second-order valence-electron chi connectivity index (χ2n) is 3.50. The van der Waals surface area contributed by atoms with Crippen LogP contribution in [0, 0.1) is 70.3 Å². The fourth-order valence-electron chi connectivity index (χ4n) is 0.983. The second-order valence-corrected chi connectivity index (χ2v) is 3.50. The zero-order valence-corrected chi connectivity index (χ0v) is 14.3. The van der Waals surface area contributed by atoms with Gasteiger partial charge in [0.15, 0.2) is 0 Å². The number of halogens is 4. The van der Waals surface area contributed by atoms with Crippen molar-refractivity contribution in [2.24, 2.45) is 0 Å². The first-order valence-corrected chi connectivity index (χ1v) is 6.12. The van der Waals surface area contributed by atoms with E-state index in [0.717, 1.165) is 0 Å². The Labute approximate surface area is 145 Å². The van der Waals surface area contributed by atoms with E-state index in [1.807, 2.05) is 94.5 Å². The van der Waals surface area contributed by atoms with Crippen LogP contribution in [0.4, 0.5) is 17.3 Å². The fourth-order valence-corrected chi connectivity index (χ4v) is 0.983. The van der Waals surface area contributed by atoms with Crippen LogP contribution in [0.3, 0.4) is 0 Å². The van der Waals surface area contributed by atoms with E-state index in [1.165, 1.54) is 0 Å². The van der Waals surface area contributed by atoms with Gasteiger partial charge in [0.2, 0.25) is 0 Å². The molecule has 0 amide bonds. The van der Waals surface area contributed by atoms with E-state index in [0.29, 0.717) is 0 Å². The molecule has 6 heteroatoms. The van der Waals surface area contributed by atoms with Crippen LogP contribution in [-0.4, -0.2) is 7.25 Å². The van der Waals surface area contributed by atoms with Crippen molar-refractivity contribution in [2.45, 2.75) is 0 Å². The van der Waals surface area contributed by atoms with E-state index in [4.69, 9.17) is 0 Å². The molecule has 2 saturated carbocycles. The van der Waals surface area contributed by atoms with Crippen LogP contribution in [0.5, 0.6) is 0 Å². The van der Waals surface area contributed by atoms with Gasteiger partial charge in [-0.15, -0.1) is 0 Å². The van der Waals surface area contributed by atoms with Gasteiger partial charge in [-0.3, -0.25) is 0 Å². The topological polar surface area (TPSA) is 0 Å². The SMILES string of the molecule is F[B-](F)(F)F.[CH]1[CH][CH][CH][CH]1.[CH]1[CH][CH][CH][CH]1.[Re].[c-]1ccccc1. The summed E-state index contributed by atoms with van der Waals surface area (Å²) < 4.78 is 39.0. The Balaban J connectivity index is 0. The summed E-state index contributed by atoms with van der Waals surface area (Å²) in [4.78, 5) is 0. The molecular formula is C16H15BF4Re-2. The first-order chi connectivity index (χ1) is 10.0. The van der Waals surface area contributed by atoms with Crippen molar-refractivity contribution in [2.75, 3.05) is 0 Å². The van der Waals surface area contributed by atoms with Crippen LogP contribution in [0.25, 0.3) is 0 Å². The van der Waals surface area contributed by atoms with E-state index in [2.05, 4.69) is 6.07 Å². The number of hydrogen-bond donors (Lipinski definition) is 0. The molecule has 2 aliphatic rings. The van der Waals surface area contributed by atoms with Gasteiger partial charge in [-0.2, -0.15) is 36.4 Å². The van der Waals surface area contributed by atoms with E-state index in [9.17, 15) is 17.3 Å². The van der Waals surface area contributed by atoms with Crippen LogP contribution in [0.1, 0.15) is 0 Å². The molecule has 0 atom stereocenters. The number of rotatable bonds is 0. The molecule has 0 aromatic heterocycles. The third kappa shape index (κ3) is 27.9. The predicted molar refractivity (Wildman–Crippen MR) is 78.5 cm³/mol. The van der Waals surface area contributed by atoms with Gasteiger partial charge in [0.05, 0.1) is 0 Å². The summed E-state index contributed by atoms with van der Waals surface area (Å²) in [5.74, 6) is 0. The van der Waals surface area contributed by atoms with Gasteiger partial charge in [-0.05, 0) is 64.2 Å². The number of hydrogen-bond acceptors (Lipinski definition) is 0. The Morgan fingerprint density at radius 2 is 0.727 bits per heavy atom. The number of benzene rings is 1. The van der Waals surface area contributed by atoms with Gasteiger partial charge in [-0.1, -0.05) is 0 Å². The quantitative estimate of drug-likeness (QED) is 0.284. The van der Waals surface area contributed by atoms with E-state index >= 15 is 0 Å². The normalized spacial score (nSPS) is 15.8. The molecule has 3 rings (SSSR count). The Bertz CT molecular complexity index is 241. The van der Waals surface area contributed by atoms with Crippen molar-refractivity contribution in [3.8, 4) is 0 Å². The fraction of sp³-hybridized carbons (Fsp3) is 0. The van der Waals surface area contributed by atoms with E-state index in [-0.39, 0.29) is 20.4 Å². The zero-order valence-electron chi connectivity index (χ0n) is 11.6. The van der Waals surface area contributed by atoms with Crippen molar-refractivity contribution >= 4 is 7.25 Å². The molecule has 119 valence electrons. The van der Waals surface area contributed by atoms with Crippen molar-refractivity contribution in [3.05, 3.63) is 101 Å². The molecule has 2 aliphatic carbocycles. The minimum absolute atomic E-state index is 0. The minimum atomic E-state index is -6.00. The molecule has 11 radical (unpaired) electrons. The molecular weight excluding hydrogens is 465 g/mol. The molecule has 1 aromatic carbocycles. The van der Waals surface area contributed by atoms with E-state index in [1.54, 1.807) is 0 Å². The molecule has 0 heterocycles. The average molecular weight is 480 g/mol. The Hall–Kier alpha value is -0.333. The van der Waals surface area contributed by atoms with Gasteiger partial charge in [0, 0.05) is 20.4 Å². The summed E-state index contributed by atoms with van der Waals surface area (Å²) in [5, 5.41) is 0. The van der Waals surface area contributed by atoms with Gasteiger partial charge in [0.25, 0.3) is 0 Å². The molecule has 0 saturated heterocycles. The van der Waals surface area contributed by atoms with Crippen molar-refractivity contribution in [3.63, 3.8) is 0 Å². The monoisotopic (exact) mass is 481 g/mol. The molecule has 1 aromatic rings. The maximum absolute atomic E-state index is 9.75. The summed E-state index contributed by atoms with van der Waals surface area (Å²) in [6.07, 6.45) is 20.0. The summed E-state index contributed by atoms with van der Waals surface area (Å²) in [6.45, 7) is 0. The van der Waals surface area contributed by atoms with E-state index < -0.39 is 7.25 Å². The molecule has 0 spiro atoms. The Kier molecular flexibility index (Phi) is 18.5. The molecule has 22 heavy (non-hydrogen) atoms. The van der Waals surface area contributed by atoms with Crippen molar-refractivity contribution < 1.29 is 37.7 Å². The van der Waals surface area contributed by atoms with Gasteiger partial charge in [-0.25, -0.2) is 0 Å². The average Bonchev–Trinajstić information content (AvgIpc) is 3.18. The van der Waals surface area contributed by atoms with Crippen LogP contribution >= 0.6 is 0 Å². The Morgan fingerprint density at radius 1 is 0.500 bits per heavy atom. The van der Waals surface area contributed by atoms with Crippen LogP contribution in [0.2, 0.25) is 0 Å². The first-order valence-electron chi connectivity index (χ1n) is 6.12. The maximum atomic E-state index is 9.75.